The van der Waals surface area contributed by atoms with Crippen molar-refractivity contribution in [3.8, 4) is 11.5 Å². The summed E-state index contributed by atoms with van der Waals surface area (Å²) in [6.45, 7) is 4.06. The molecule has 2 atom stereocenters. The summed E-state index contributed by atoms with van der Waals surface area (Å²) in [6.07, 6.45) is -0.106. The highest BCUT2D eigenvalue weighted by atomic mass is 35.5. The van der Waals surface area contributed by atoms with E-state index in [4.69, 9.17) is 14.2 Å². The van der Waals surface area contributed by atoms with Gasteiger partial charge in [0, 0.05) is 20.1 Å². The third-order valence-corrected chi connectivity index (χ3v) is 3.82. The summed E-state index contributed by atoms with van der Waals surface area (Å²) >= 11 is 0. The zero-order chi connectivity index (χ0) is 14.8. The molecule has 1 aromatic carbocycles. The lowest BCUT2D eigenvalue weighted by atomic mass is 10.1. The second-order valence-corrected chi connectivity index (χ2v) is 5.39. The number of amides is 1. The number of rotatable bonds is 3. The molecule has 0 spiro atoms. The van der Waals surface area contributed by atoms with Crippen LogP contribution >= 0.6 is 12.4 Å². The van der Waals surface area contributed by atoms with Crippen molar-refractivity contribution in [1.82, 2.24) is 10.2 Å². The first kappa shape index (κ1) is 16.9. The van der Waals surface area contributed by atoms with Crippen molar-refractivity contribution in [3.05, 3.63) is 23.8 Å². The first-order valence-electron chi connectivity index (χ1n) is 7.13. The van der Waals surface area contributed by atoms with E-state index in [0.717, 1.165) is 17.1 Å². The minimum atomic E-state index is -0.280. The van der Waals surface area contributed by atoms with Crippen LogP contribution < -0.4 is 14.8 Å². The van der Waals surface area contributed by atoms with Crippen molar-refractivity contribution in [3.63, 3.8) is 0 Å². The van der Waals surface area contributed by atoms with Gasteiger partial charge in [-0.2, -0.15) is 0 Å². The SMILES string of the molecule is C[C@H]1OCCN[C@@H]1C(=O)N(C)Cc1ccc2c(c1)OCO2.Cl. The van der Waals surface area contributed by atoms with Crippen LogP contribution in [0.2, 0.25) is 0 Å². The number of nitrogens with one attached hydrogen (secondary N) is 1. The summed E-state index contributed by atoms with van der Waals surface area (Å²) in [7, 11) is 1.80. The second-order valence-electron chi connectivity index (χ2n) is 5.39. The van der Waals surface area contributed by atoms with Crippen molar-refractivity contribution >= 4 is 18.3 Å². The Balaban J connectivity index is 0.00000176. The Kier molecular flexibility index (Phi) is 5.50. The van der Waals surface area contributed by atoms with Crippen LogP contribution in [0.3, 0.4) is 0 Å². The summed E-state index contributed by atoms with van der Waals surface area (Å²) in [4.78, 5) is 14.2. The summed E-state index contributed by atoms with van der Waals surface area (Å²) in [6, 6.07) is 5.46. The first-order valence-corrected chi connectivity index (χ1v) is 7.13. The zero-order valence-electron chi connectivity index (χ0n) is 12.7. The molecule has 7 heteroatoms. The van der Waals surface area contributed by atoms with E-state index < -0.39 is 0 Å². The number of likely N-dealkylation sites (N-methyl/N-ethyl adjacent to an activating group) is 1. The van der Waals surface area contributed by atoms with E-state index in [9.17, 15) is 4.79 Å². The predicted octanol–water partition coefficient (Wildman–Crippen LogP) is 1.17. The molecule has 0 bridgehead atoms. The Morgan fingerprint density at radius 2 is 2.14 bits per heavy atom. The molecular formula is C15H21ClN2O4. The third-order valence-electron chi connectivity index (χ3n) is 3.82. The molecule has 122 valence electrons. The number of hydrogen-bond acceptors (Lipinski definition) is 5. The highest BCUT2D eigenvalue weighted by molar-refractivity contribution is 5.85. The standard InChI is InChI=1S/C15H20N2O4.ClH/c1-10-14(16-5-6-19-10)15(18)17(2)8-11-3-4-12-13(7-11)21-9-20-12;/h3-4,7,10,14,16H,5-6,8-9H2,1-2H3;1H/t10-,14+;/m1./s1. The van der Waals surface area contributed by atoms with E-state index in [1.165, 1.54) is 0 Å². The number of hydrogen-bond donors (Lipinski definition) is 1. The predicted molar refractivity (Wildman–Crippen MR) is 83.5 cm³/mol. The normalized spacial score (nSPS) is 22.8. The fourth-order valence-electron chi connectivity index (χ4n) is 2.64. The van der Waals surface area contributed by atoms with Gasteiger partial charge in [0.2, 0.25) is 12.7 Å². The van der Waals surface area contributed by atoms with Gasteiger partial charge in [-0.3, -0.25) is 4.79 Å². The number of nitrogens with zero attached hydrogens (tertiary/aromatic N) is 1. The lowest BCUT2D eigenvalue weighted by molar-refractivity contribution is -0.138. The van der Waals surface area contributed by atoms with Crippen molar-refractivity contribution < 1.29 is 19.0 Å². The topological polar surface area (TPSA) is 60.0 Å². The molecule has 1 aromatic rings. The van der Waals surface area contributed by atoms with Gasteiger partial charge in [0.15, 0.2) is 11.5 Å². The number of carbonyl (C=O) groups excluding carboxylic acids is 1. The second kappa shape index (κ2) is 7.17. The van der Waals surface area contributed by atoms with Crippen molar-refractivity contribution in [1.29, 1.82) is 0 Å². The number of fused-ring (bicyclic) bond motifs is 1. The van der Waals surface area contributed by atoms with Gasteiger partial charge >= 0.3 is 0 Å². The van der Waals surface area contributed by atoms with Crippen LogP contribution in [0.4, 0.5) is 0 Å². The molecule has 2 aliphatic rings. The van der Waals surface area contributed by atoms with Crippen LogP contribution in [0.25, 0.3) is 0 Å². The van der Waals surface area contributed by atoms with Gasteiger partial charge in [-0.05, 0) is 24.6 Å². The van der Waals surface area contributed by atoms with E-state index in [1.54, 1.807) is 11.9 Å². The van der Waals surface area contributed by atoms with Crippen LogP contribution in [-0.4, -0.2) is 49.9 Å². The van der Waals surface area contributed by atoms with Gasteiger partial charge in [-0.1, -0.05) is 6.07 Å². The molecule has 3 rings (SSSR count). The van der Waals surface area contributed by atoms with Crippen molar-refractivity contribution in [2.75, 3.05) is 27.0 Å². The third kappa shape index (κ3) is 3.45. The summed E-state index contributed by atoms with van der Waals surface area (Å²) in [5, 5.41) is 3.22. The molecule has 1 fully saturated rings. The quantitative estimate of drug-likeness (QED) is 0.902. The molecule has 2 aliphatic heterocycles. The Labute approximate surface area is 136 Å². The maximum Gasteiger partial charge on any atom is 0.242 e. The van der Waals surface area contributed by atoms with Crippen molar-refractivity contribution in [2.45, 2.75) is 25.6 Å². The Morgan fingerprint density at radius 3 is 2.91 bits per heavy atom. The largest absolute Gasteiger partial charge is 0.454 e. The molecule has 0 saturated carbocycles. The van der Waals surface area contributed by atoms with E-state index in [1.807, 2.05) is 25.1 Å². The van der Waals surface area contributed by atoms with E-state index in [0.29, 0.717) is 19.7 Å². The van der Waals surface area contributed by atoms with Gasteiger partial charge in [0.25, 0.3) is 0 Å². The maximum absolute atomic E-state index is 12.5. The average molecular weight is 329 g/mol. The average Bonchev–Trinajstić information content (AvgIpc) is 2.94. The monoisotopic (exact) mass is 328 g/mol. The van der Waals surface area contributed by atoms with Crippen LogP contribution in [0, 0.1) is 0 Å². The first-order chi connectivity index (χ1) is 10.1. The lowest BCUT2D eigenvalue weighted by Crippen LogP contribution is -2.55. The van der Waals surface area contributed by atoms with E-state index >= 15 is 0 Å². The fourth-order valence-corrected chi connectivity index (χ4v) is 2.64. The molecule has 0 unspecified atom stereocenters. The van der Waals surface area contributed by atoms with Gasteiger partial charge in [-0.25, -0.2) is 0 Å². The molecule has 2 heterocycles. The lowest BCUT2D eigenvalue weighted by Gasteiger charge is -2.32. The van der Waals surface area contributed by atoms with Crippen LogP contribution in [0.15, 0.2) is 18.2 Å². The Morgan fingerprint density at radius 1 is 1.36 bits per heavy atom. The molecule has 0 radical (unpaired) electrons. The Bertz CT molecular complexity index is 540. The smallest absolute Gasteiger partial charge is 0.242 e. The molecule has 6 nitrogen and oxygen atoms in total. The number of ether oxygens (including phenoxy) is 3. The van der Waals surface area contributed by atoms with Gasteiger partial charge in [0.1, 0.15) is 6.04 Å². The molecular weight excluding hydrogens is 308 g/mol. The number of morpholine rings is 1. The van der Waals surface area contributed by atoms with Crippen LogP contribution in [-0.2, 0) is 16.1 Å². The Hall–Kier alpha value is -1.50. The molecule has 1 N–H and O–H groups in total. The van der Waals surface area contributed by atoms with E-state index in [-0.39, 0.29) is 37.3 Å². The minimum absolute atomic E-state index is 0. The van der Waals surface area contributed by atoms with Gasteiger partial charge in [-0.15, -0.1) is 12.4 Å². The number of halogens is 1. The van der Waals surface area contributed by atoms with Crippen LogP contribution in [0.5, 0.6) is 11.5 Å². The maximum atomic E-state index is 12.5. The van der Waals surface area contributed by atoms with Gasteiger partial charge < -0.3 is 24.4 Å². The molecule has 22 heavy (non-hydrogen) atoms. The molecule has 1 saturated heterocycles. The number of benzene rings is 1. The van der Waals surface area contributed by atoms with Crippen molar-refractivity contribution in [2.24, 2.45) is 0 Å². The molecule has 1 amide bonds. The molecule has 0 aliphatic carbocycles. The van der Waals surface area contributed by atoms with E-state index in [2.05, 4.69) is 5.32 Å². The number of carbonyl (C=O) groups is 1. The minimum Gasteiger partial charge on any atom is -0.454 e. The highest BCUT2D eigenvalue weighted by Gasteiger charge is 2.30. The summed E-state index contributed by atoms with van der Waals surface area (Å²) in [5.41, 5.74) is 1.01. The summed E-state index contributed by atoms with van der Waals surface area (Å²) < 4.78 is 16.2. The molecule has 0 aromatic heterocycles. The van der Waals surface area contributed by atoms with Crippen LogP contribution in [0.1, 0.15) is 12.5 Å². The van der Waals surface area contributed by atoms with Gasteiger partial charge in [0.05, 0.1) is 12.7 Å². The zero-order valence-corrected chi connectivity index (χ0v) is 13.5. The fraction of sp³-hybridized carbons (Fsp3) is 0.533. The summed E-state index contributed by atoms with van der Waals surface area (Å²) in [5.74, 6) is 1.53. The highest BCUT2D eigenvalue weighted by Crippen LogP contribution is 2.32.